The number of fused-ring (bicyclic) bond motifs is 1. The summed E-state index contributed by atoms with van der Waals surface area (Å²) < 4.78 is 14.7. The van der Waals surface area contributed by atoms with Crippen LogP contribution in [-0.4, -0.2) is 15.5 Å². The maximum Gasteiger partial charge on any atom is 0.268 e. The Bertz CT molecular complexity index is 763. The van der Waals surface area contributed by atoms with E-state index in [1.165, 1.54) is 18.5 Å². The fourth-order valence-corrected chi connectivity index (χ4v) is 2.44. The smallest absolute Gasteiger partial charge is 0.268 e. The van der Waals surface area contributed by atoms with Gasteiger partial charge in [0.25, 0.3) is 5.56 Å². The first-order chi connectivity index (χ1) is 9.73. The Labute approximate surface area is 130 Å². The Balaban J connectivity index is 2.58. The minimum atomic E-state index is -0.462. The van der Waals surface area contributed by atoms with E-state index >= 15 is 0 Å². The van der Waals surface area contributed by atoms with E-state index in [1.807, 2.05) is 20.8 Å². The second-order valence-corrected chi connectivity index (χ2v) is 6.71. The maximum atomic E-state index is 13.7. The highest BCUT2D eigenvalue weighted by atomic mass is 79.9. The minimum Gasteiger partial charge on any atom is -0.274 e. The molecule has 2 aromatic rings. The predicted octanol–water partition coefficient (Wildman–Crippen LogP) is 3.51. The number of aromatic nitrogens is 2. The molecule has 0 bridgehead atoms. The van der Waals surface area contributed by atoms with Crippen LogP contribution in [0.15, 0.2) is 23.3 Å². The highest BCUT2D eigenvalue weighted by molar-refractivity contribution is 9.08. The van der Waals surface area contributed by atoms with Crippen molar-refractivity contribution in [2.24, 2.45) is 5.41 Å². The molecule has 2 rings (SSSR count). The van der Waals surface area contributed by atoms with Gasteiger partial charge in [-0.3, -0.25) is 9.59 Å². The number of alkyl halides is 1. The zero-order chi connectivity index (χ0) is 15.8. The molecule has 0 aliphatic heterocycles. The van der Waals surface area contributed by atoms with Gasteiger partial charge in [-0.25, -0.2) is 13.9 Å². The monoisotopic (exact) mass is 354 g/mol. The van der Waals surface area contributed by atoms with E-state index in [9.17, 15) is 14.0 Å². The van der Waals surface area contributed by atoms with Gasteiger partial charge < -0.3 is 0 Å². The van der Waals surface area contributed by atoms with Gasteiger partial charge in [-0.15, -0.1) is 0 Å². The van der Waals surface area contributed by atoms with E-state index in [-0.39, 0.29) is 28.6 Å². The molecule has 1 aromatic carbocycles. The average molecular weight is 355 g/mol. The van der Waals surface area contributed by atoms with Gasteiger partial charge in [0.1, 0.15) is 12.1 Å². The number of hydrogen-bond donors (Lipinski definition) is 0. The van der Waals surface area contributed by atoms with Gasteiger partial charge in [0.05, 0.1) is 10.9 Å². The van der Waals surface area contributed by atoms with E-state index in [2.05, 4.69) is 20.9 Å². The van der Waals surface area contributed by atoms with Crippen LogP contribution < -0.4 is 5.56 Å². The number of rotatable bonds is 2. The molecule has 0 radical (unpaired) electrons. The van der Waals surface area contributed by atoms with E-state index in [1.54, 1.807) is 0 Å². The quantitative estimate of drug-likeness (QED) is 0.775. The average Bonchev–Trinajstić information content (AvgIpc) is 2.36. The summed E-state index contributed by atoms with van der Waals surface area (Å²) in [5, 5.41) is 0.537. The standard InChI is InChI=1S/C15H16BrFN2O2/c1-15(2,3)6-13(20)19-8-18-12-5-11(17)9(7-16)4-10(12)14(19)21/h4-5,8H,6-7H2,1-3H3. The molecule has 0 unspecified atom stereocenters. The number of carbonyl (C=O) groups is 1. The Morgan fingerprint density at radius 2 is 2.05 bits per heavy atom. The lowest BCUT2D eigenvalue weighted by Gasteiger charge is -2.17. The molecular formula is C15H16BrFN2O2. The van der Waals surface area contributed by atoms with Crippen LogP contribution in [0.25, 0.3) is 10.9 Å². The van der Waals surface area contributed by atoms with Crippen molar-refractivity contribution in [1.82, 2.24) is 9.55 Å². The minimum absolute atomic E-state index is 0.227. The third-order valence-corrected chi connectivity index (χ3v) is 3.62. The van der Waals surface area contributed by atoms with Crippen molar-refractivity contribution in [3.05, 3.63) is 40.2 Å². The molecule has 21 heavy (non-hydrogen) atoms. The van der Waals surface area contributed by atoms with Crippen molar-refractivity contribution >= 4 is 32.7 Å². The molecule has 1 aromatic heterocycles. The second kappa shape index (κ2) is 5.67. The number of halogens is 2. The van der Waals surface area contributed by atoms with Gasteiger partial charge in [0.2, 0.25) is 5.91 Å². The molecule has 0 aliphatic carbocycles. The normalized spacial score (nSPS) is 11.9. The van der Waals surface area contributed by atoms with Crippen molar-refractivity contribution in [3.63, 3.8) is 0 Å². The molecule has 0 N–H and O–H groups in total. The van der Waals surface area contributed by atoms with E-state index < -0.39 is 11.4 Å². The van der Waals surface area contributed by atoms with E-state index in [4.69, 9.17) is 0 Å². The van der Waals surface area contributed by atoms with E-state index in [0.717, 1.165) is 4.57 Å². The third-order valence-electron chi connectivity index (χ3n) is 3.02. The molecule has 0 atom stereocenters. The van der Waals surface area contributed by atoms with Crippen molar-refractivity contribution in [3.8, 4) is 0 Å². The van der Waals surface area contributed by atoms with Gasteiger partial charge in [0, 0.05) is 17.8 Å². The second-order valence-electron chi connectivity index (χ2n) is 6.15. The van der Waals surface area contributed by atoms with Crippen LogP contribution in [-0.2, 0) is 5.33 Å². The van der Waals surface area contributed by atoms with Crippen molar-refractivity contribution in [2.45, 2.75) is 32.5 Å². The molecule has 0 spiro atoms. The summed E-state index contributed by atoms with van der Waals surface area (Å²) in [5.41, 5.74) is -0.0733. The fraction of sp³-hybridized carbons (Fsp3) is 0.400. The molecule has 4 nitrogen and oxygen atoms in total. The first kappa shape index (κ1) is 15.8. The van der Waals surface area contributed by atoms with Crippen LogP contribution in [0.3, 0.4) is 0 Å². The van der Waals surface area contributed by atoms with Gasteiger partial charge in [0.15, 0.2) is 0 Å². The molecule has 112 valence electrons. The maximum absolute atomic E-state index is 13.7. The fourth-order valence-electron chi connectivity index (χ4n) is 2.01. The Morgan fingerprint density at radius 3 is 2.62 bits per heavy atom. The highest BCUT2D eigenvalue weighted by Crippen LogP contribution is 2.20. The van der Waals surface area contributed by atoms with Gasteiger partial charge >= 0.3 is 0 Å². The molecule has 1 heterocycles. The van der Waals surface area contributed by atoms with Crippen LogP contribution in [0, 0.1) is 11.2 Å². The highest BCUT2D eigenvalue weighted by Gasteiger charge is 2.19. The van der Waals surface area contributed by atoms with Crippen LogP contribution in [0.4, 0.5) is 4.39 Å². The topological polar surface area (TPSA) is 52.0 Å². The number of carbonyl (C=O) groups excluding carboxylic acids is 1. The van der Waals surface area contributed by atoms with Gasteiger partial charge in [-0.2, -0.15) is 0 Å². The van der Waals surface area contributed by atoms with Crippen molar-refractivity contribution in [2.75, 3.05) is 0 Å². The summed E-state index contributed by atoms with van der Waals surface area (Å²) >= 11 is 3.17. The predicted molar refractivity (Wildman–Crippen MR) is 83.3 cm³/mol. The SMILES string of the molecule is CC(C)(C)CC(=O)n1cnc2cc(F)c(CBr)cc2c1=O. The van der Waals surface area contributed by atoms with Crippen LogP contribution in [0.1, 0.15) is 37.6 Å². The molecule has 0 saturated carbocycles. The third kappa shape index (κ3) is 3.37. The summed E-state index contributed by atoms with van der Waals surface area (Å²) in [6.45, 7) is 5.76. The van der Waals surface area contributed by atoms with Crippen LogP contribution in [0.2, 0.25) is 0 Å². The first-order valence-electron chi connectivity index (χ1n) is 6.52. The number of nitrogens with zero attached hydrogens (tertiary/aromatic N) is 2. The summed E-state index contributed by atoms with van der Waals surface area (Å²) in [6, 6.07) is 2.65. The number of benzene rings is 1. The van der Waals surface area contributed by atoms with Crippen molar-refractivity contribution < 1.29 is 9.18 Å². The summed E-state index contributed by atoms with van der Waals surface area (Å²) in [7, 11) is 0. The lowest BCUT2D eigenvalue weighted by atomic mass is 9.92. The van der Waals surface area contributed by atoms with Crippen LogP contribution >= 0.6 is 15.9 Å². The Hall–Kier alpha value is -1.56. The Kier molecular flexibility index (Phi) is 4.27. The lowest BCUT2D eigenvalue weighted by Crippen LogP contribution is -2.29. The lowest BCUT2D eigenvalue weighted by molar-refractivity contribution is 0.0851. The molecule has 0 amide bonds. The summed E-state index contributed by atoms with van der Waals surface area (Å²) in [4.78, 5) is 28.6. The van der Waals surface area contributed by atoms with Crippen LogP contribution in [0.5, 0.6) is 0 Å². The Morgan fingerprint density at radius 1 is 1.38 bits per heavy atom. The van der Waals surface area contributed by atoms with Gasteiger partial charge in [-0.1, -0.05) is 36.7 Å². The molecular weight excluding hydrogens is 339 g/mol. The summed E-state index contributed by atoms with van der Waals surface area (Å²) in [6.07, 6.45) is 1.40. The molecule has 0 saturated heterocycles. The molecule has 6 heteroatoms. The summed E-state index contributed by atoms with van der Waals surface area (Å²) in [5.74, 6) is -0.739. The zero-order valence-electron chi connectivity index (χ0n) is 12.1. The first-order valence-corrected chi connectivity index (χ1v) is 7.64. The largest absolute Gasteiger partial charge is 0.274 e. The van der Waals surface area contributed by atoms with Crippen molar-refractivity contribution in [1.29, 1.82) is 0 Å². The van der Waals surface area contributed by atoms with Gasteiger partial charge in [-0.05, 0) is 17.0 Å². The number of hydrogen-bond acceptors (Lipinski definition) is 3. The van der Waals surface area contributed by atoms with E-state index in [0.29, 0.717) is 10.9 Å². The molecule has 0 fully saturated rings. The molecule has 0 aliphatic rings. The zero-order valence-corrected chi connectivity index (χ0v) is 13.7.